The first kappa shape index (κ1) is 105. The van der Waals surface area contributed by atoms with Crippen molar-refractivity contribution in [1.82, 2.24) is 0 Å². The SMILES string of the molecule is C/C=C/c1cc(Oc2ccc(C)cc2)ccc1Oc1ccc(C(C)(C)C)cc1.C/C=C/c1ccc(-c2ccc(C)cc2)cc1Oc1cccc(C(C)(C)C)c1.CCCc1c(Oc2ccc(C)cc2)cccc1Oc1ccc(OC(F)(F)F)cc1.CCCc1cc(Oc2ccc(C)cc2)ccc1Oc1ccc(C(C)(C)C)cc1.CCCc1ccc(-c2ccc(C)cc2)cc1Oc1cccc(C(C)(C)C)c1. The van der Waals surface area contributed by atoms with Crippen molar-refractivity contribution < 1.29 is 55.8 Å². The lowest BCUT2D eigenvalue weighted by Crippen LogP contribution is -2.16. The van der Waals surface area contributed by atoms with Crippen LogP contribution in [0.2, 0.25) is 0 Å². The largest absolute Gasteiger partial charge is 0.573 e. The number of aryl methyl sites for hydroxylation is 7. The fourth-order valence-corrected chi connectivity index (χ4v) is 15.0. The third-order valence-electron chi connectivity index (χ3n) is 23.0. The zero-order valence-electron chi connectivity index (χ0n) is 85.1. The van der Waals surface area contributed by atoms with Crippen LogP contribution in [0, 0.1) is 34.6 Å². The average molecular weight is 1860 g/mol. The van der Waals surface area contributed by atoms with E-state index in [9.17, 15) is 13.2 Å². The van der Waals surface area contributed by atoms with E-state index in [4.69, 9.17) is 37.9 Å². The van der Waals surface area contributed by atoms with E-state index in [2.05, 4.69) is 306 Å². The lowest BCUT2D eigenvalue weighted by molar-refractivity contribution is -0.274. The van der Waals surface area contributed by atoms with Gasteiger partial charge in [0.05, 0.1) is 0 Å². The Morgan fingerprint density at radius 3 is 0.957 bits per heavy atom. The number of allylic oxidation sites excluding steroid dienone is 2. The maximum Gasteiger partial charge on any atom is 0.573 e. The fourth-order valence-electron chi connectivity index (χ4n) is 15.0. The molecule has 15 aromatic carbocycles. The summed E-state index contributed by atoms with van der Waals surface area (Å²) in [5.41, 5.74) is 21.9. The summed E-state index contributed by atoms with van der Waals surface area (Å²) < 4.78 is 89.8. The van der Waals surface area contributed by atoms with E-state index in [1.54, 1.807) is 0 Å². The summed E-state index contributed by atoms with van der Waals surface area (Å²) in [4.78, 5) is 0. The van der Waals surface area contributed by atoms with Crippen molar-refractivity contribution in [3.05, 3.63) is 424 Å². The molecule has 15 aromatic rings. The number of rotatable bonds is 27. The first-order chi connectivity index (χ1) is 66.3. The molecule has 9 nitrogen and oxygen atoms in total. The average Bonchev–Trinajstić information content (AvgIpc) is 0.814. The van der Waals surface area contributed by atoms with Crippen molar-refractivity contribution in [2.75, 3.05) is 0 Å². The zero-order valence-corrected chi connectivity index (χ0v) is 85.1. The molecule has 0 heterocycles. The van der Waals surface area contributed by atoms with Crippen molar-refractivity contribution >= 4 is 12.2 Å². The Bertz CT molecular complexity index is 6460. The maximum absolute atomic E-state index is 12.3. The van der Waals surface area contributed by atoms with Gasteiger partial charge in [-0.15, -0.1) is 13.2 Å². The number of alkyl halides is 3. The highest BCUT2D eigenvalue weighted by atomic mass is 19.4. The Hall–Kier alpha value is -14.2. The molecular weight excluding hydrogens is 1730 g/mol. The summed E-state index contributed by atoms with van der Waals surface area (Å²) in [6, 6.07) is 110. The molecule has 139 heavy (non-hydrogen) atoms. The lowest BCUT2D eigenvalue weighted by atomic mass is 9.87. The van der Waals surface area contributed by atoms with Gasteiger partial charge >= 0.3 is 6.36 Å². The van der Waals surface area contributed by atoms with Crippen LogP contribution in [0.15, 0.2) is 346 Å². The van der Waals surface area contributed by atoms with Gasteiger partial charge in [0, 0.05) is 16.7 Å². The normalized spacial score (nSPS) is 11.5. The minimum Gasteiger partial charge on any atom is -0.457 e. The second kappa shape index (κ2) is 49.2. The van der Waals surface area contributed by atoms with Gasteiger partial charge in [-0.05, 0) is 315 Å². The molecule has 0 aliphatic carbocycles. The van der Waals surface area contributed by atoms with E-state index in [0.29, 0.717) is 17.2 Å². The molecule has 0 spiro atoms. The molecule has 0 saturated heterocycles. The Kier molecular flexibility index (Phi) is 37.2. The number of hydrogen-bond acceptors (Lipinski definition) is 9. The minimum atomic E-state index is -4.72. The smallest absolute Gasteiger partial charge is 0.457 e. The van der Waals surface area contributed by atoms with E-state index < -0.39 is 6.36 Å². The monoisotopic (exact) mass is 1860 g/mol. The van der Waals surface area contributed by atoms with Gasteiger partial charge in [-0.25, -0.2) is 0 Å². The van der Waals surface area contributed by atoms with Gasteiger partial charge < -0.3 is 42.6 Å². The molecule has 0 saturated carbocycles. The van der Waals surface area contributed by atoms with Crippen LogP contribution in [0.25, 0.3) is 34.4 Å². The summed E-state index contributed by atoms with van der Waals surface area (Å²) in [7, 11) is 0. The Morgan fingerprint density at radius 1 is 0.230 bits per heavy atom. The molecule has 0 aliphatic rings. The second-order valence-electron chi connectivity index (χ2n) is 39.1. The van der Waals surface area contributed by atoms with Crippen LogP contribution >= 0.6 is 0 Å². The zero-order chi connectivity index (χ0) is 100. The van der Waals surface area contributed by atoms with Gasteiger partial charge in [0.2, 0.25) is 0 Å². The molecule has 0 fully saturated rings. The molecule has 0 N–H and O–H groups in total. The van der Waals surface area contributed by atoms with Gasteiger partial charge in [0.25, 0.3) is 0 Å². The van der Waals surface area contributed by atoms with Crippen LogP contribution in [0.4, 0.5) is 13.2 Å². The number of hydrogen-bond donors (Lipinski definition) is 0. The van der Waals surface area contributed by atoms with Crippen LogP contribution in [0.3, 0.4) is 0 Å². The molecular formula is C127H137F3O9. The standard InChI is InChI=1S/C26H30O2.C26H28O2.C26H30O.C26H28O.C23H21F3O3/c2*1-6-7-20-18-24(27-22-12-8-19(2)9-13-22)16-17-25(20)28-23-14-10-21(11-15-23)26(3,4)5;2*1-6-8-21-15-16-22(20-13-11-19(2)12-14-20)17-25(21)27-24-10-7-9-23(18-24)26(3,4)5;1-3-5-20-21(27-17-10-8-16(2)9-11-17)6-4-7-22(20)28-18-12-14-19(15-13-18)29-23(24,25)26/h8-18H,6-7H2,1-5H3;6-18H,1-5H3;7,9-18H,6,8H2,1-5H3;6-18H,1-5H3;4,6-15H,3,5H2,1-2H3/b;7-6+;;8-6+;. The second-order valence-corrected chi connectivity index (χ2v) is 39.1. The minimum absolute atomic E-state index is 0.0925. The van der Waals surface area contributed by atoms with Gasteiger partial charge in [0.1, 0.15) is 97.7 Å². The van der Waals surface area contributed by atoms with E-state index in [1.165, 1.54) is 91.0 Å². The molecule has 0 amide bonds. The predicted octanol–water partition coefficient (Wildman–Crippen LogP) is 38.7. The van der Waals surface area contributed by atoms with Gasteiger partial charge in [-0.3, -0.25) is 0 Å². The lowest BCUT2D eigenvalue weighted by Gasteiger charge is -2.20. The highest BCUT2D eigenvalue weighted by Crippen LogP contribution is 2.43. The summed E-state index contributed by atoms with van der Waals surface area (Å²) in [5.74, 6) is 12.4. The Morgan fingerprint density at radius 2 is 0.540 bits per heavy atom. The summed E-state index contributed by atoms with van der Waals surface area (Å²) in [5, 5.41) is 0. The first-order valence-electron chi connectivity index (χ1n) is 48.2. The van der Waals surface area contributed by atoms with Crippen LogP contribution in [-0.4, -0.2) is 6.36 Å². The van der Waals surface area contributed by atoms with Gasteiger partial charge in [0.15, 0.2) is 0 Å². The number of ether oxygens (including phenoxy) is 9. The van der Waals surface area contributed by atoms with E-state index >= 15 is 0 Å². The predicted molar refractivity (Wildman–Crippen MR) is 572 cm³/mol. The van der Waals surface area contributed by atoms with Crippen molar-refractivity contribution in [3.8, 4) is 120 Å². The molecule has 0 radical (unpaired) electrons. The van der Waals surface area contributed by atoms with Crippen molar-refractivity contribution in [2.24, 2.45) is 0 Å². The molecule has 12 heteroatoms. The molecule has 0 aromatic heterocycles. The van der Waals surface area contributed by atoms with Crippen LogP contribution in [0.1, 0.15) is 215 Å². The first-order valence-corrected chi connectivity index (χ1v) is 48.2. The fraction of sp³-hybridized carbons (Fsp3) is 0.260. The molecule has 0 unspecified atom stereocenters. The molecule has 15 rings (SSSR count). The highest BCUT2D eigenvalue weighted by Gasteiger charge is 2.31. The molecule has 0 aliphatic heterocycles. The van der Waals surface area contributed by atoms with Crippen molar-refractivity contribution in [3.63, 3.8) is 0 Å². The van der Waals surface area contributed by atoms with E-state index in [1.807, 2.05) is 185 Å². The quantitative estimate of drug-likeness (QED) is 0.0500. The van der Waals surface area contributed by atoms with Crippen molar-refractivity contribution in [1.29, 1.82) is 0 Å². The highest BCUT2D eigenvalue weighted by molar-refractivity contribution is 5.71. The Labute approximate surface area is 825 Å². The summed E-state index contributed by atoms with van der Waals surface area (Å²) in [6.45, 7) is 47.4. The van der Waals surface area contributed by atoms with Crippen LogP contribution < -0.4 is 42.6 Å². The topological polar surface area (TPSA) is 83.1 Å². The number of benzene rings is 15. The Balaban J connectivity index is 0.000000166. The molecule has 0 bridgehead atoms. The third kappa shape index (κ3) is 33.0. The number of halogens is 3. The molecule has 720 valence electrons. The summed E-state index contributed by atoms with van der Waals surface area (Å²) in [6.07, 6.45) is 9.15. The molecule has 0 atom stereocenters. The van der Waals surface area contributed by atoms with Crippen molar-refractivity contribution in [2.45, 2.75) is 219 Å². The van der Waals surface area contributed by atoms with E-state index in [-0.39, 0.29) is 27.4 Å². The third-order valence-corrected chi connectivity index (χ3v) is 23.0. The summed E-state index contributed by atoms with van der Waals surface area (Å²) >= 11 is 0. The maximum atomic E-state index is 12.3. The van der Waals surface area contributed by atoms with Crippen LogP contribution in [0.5, 0.6) is 97.7 Å². The van der Waals surface area contributed by atoms with Gasteiger partial charge in [-0.1, -0.05) is 339 Å². The van der Waals surface area contributed by atoms with E-state index in [0.717, 1.165) is 147 Å². The van der Waals surface area contributed by atoms with Crippen LogP contribution in [-0.2, 0) is 40.9 Å². The van der Waals surface area contributed by atoms with Gasteiger partial charge in [-0.2, -0.15) is 0 Å².